The van der Waals surface area contributed by atoms with E-state index in [4.69, 9.17) is 4.52 Å². The van der Waals surface area contributed by atoms with Gasteiger partial charge in [0.05, 0.1) is 5.92 Å². The minimum absolute atomic E-state index is 0.0316. The van der Waals surface area contributed by atoms with E-state index in [0.717, 1.165) is 12.1 Å². The third kappa shape index (κ3) is 3.91. The number of aryl methyl sites for hydroxylation is 1. The van der Waals surface area contributed by atoms with Crippen molar-refractivity contribution in [3.63, 3.8) is 0 Å². The Balaban J connectivity index is 1.71. The predicted molar refractivity (Wildman–Crippen MR) is 97.8 cm³/mol. The van der Waals surface area contributed by atoms with E-state index in [9.17, 15) is 4.79 Å². The van der Waals surface area contributed by atoms with Gasteiger partial charge in [-0.05, 0) is 30.5 Å². The van der Waals surface area contributed by atoms with Crippen LogP contribution >= 0.6 is 0 Å². The Morgan fingerprint density at radius 1 is 1.24 bits per heavy atom. The highest BCUT2D eigenvalue weighted by Gasteiger charge is 2.36. The normalized spacial score (nSPS) is 18.2. The van der Waals surface area contributed by atoms with Crippen molar-refractivity contribution in [1.82, 2.24) is 10.1 Å². The molecule has 1 amide bonds. The zero-order chi connectivity index (χ0) is 18.0. The summed E-state index contributed by atoms with van der Waals surface area (Å²) in [5.41, 5.74) is 2.11. The molecule has 1 aromatic carbocycles. The van der Waals surface area contributed by atoms with Crippen LogP contribution in [0.1, 0.15) is 70.2 Å². The van der Waals surface area contributed by atoms with E-state index in [1.807, 2.05) is 37.8 Å². The topological polar surface area (TPSA) is 59.2 Å². The minimum Gasteiger partial charge on any atom is -0.339 e. The lowest BCUT2D eigenvalue weighted by Crippen LogP contribution is -2.24. The number of hydrogen-bond donors (Lipinski definition) is 0. The molecule has 0 spiro atoms. The van der Waals surface area contributed by atoms with E-state index in [1.54, 1.807) is 0 Å². The zero-order valence-corrected chi connectivity index (χ0v) is 15.6. The van der Waals surface area contributed by atoms with Gasteiger partial charge in [-0.15, -0.1) is 0 Å². The highest BCUT2D eigenvalue weighted by molar-refractivity contribution is 5.96. The van der Waals surface area contributed by atoms with Crippen molar-refractivity contribution >= 4 is 11.6 Å². The molecule has 1 saturated heterocycles. The fourth-order valence-corrected chi connectivity index (χ4v) is 3.05. The van der Waals surface area contributed by atoms with Crippen LogP contribution in [0.5, 0.6) is 0 Å². The SMILES string of the molecule is CCCCc1ccc(N2CC(c3nc(C(C)(C)C)no3)CC2=O)cc1. The molecular formula is C20H27N3O2. The summed E-state index contributed by atoms with van der Waals surface area (Å²) in [6, 6.07) is 8.32. The number of aromatic nitrogens is 2. The third-order valence-corrected chi connectivity index (χ3v) is 4.65. The summed E-state index contributed by atoms with van der Waals surface area (Å²) in [4.78, 5) is 18.8. The highest BCUT2D eigenvalue weighted by atomic mass is 16.5. The monoisotopic (exact) mass is 341 g/mol. The van der Waals surface area contributed by atoms with Crippen molar-refractivity contribution in [3.8, 4) is 0 Å². The molecule has 0 bridgehead atoms. The summed E-state index contributed by atoms with van der Waals surface area (Å²) in [7, 11) is 0. The molecule has 5 heteroatoms. The number of carbonyl (C=O) groups excluding carboxylic acids is 1. The average molecular weight is 341 g/mol. The van der Waals surface area contributed by atoms with E-state index in [-0.39, 0.29) is 17.2 Å². The minimum atomic E-state index is -0.154. The molecule has 0 N–H and O–H groups in total. The average Bonchev–Trinajstić information content (AvgIpc) is 3.20. The first-order valence-electron chi connectivity index (χ1n) is 9.12. The maximum atomic E-state index is 12.5. The van der Waals surface area contributed by atoms with Crippen LogP contribution in [0, 0.1) is 0 Å². The van der Waals surface area contributed by atoms with Gasteiger partial charge in [0.15, 0.2) is 5.82 Å². The molecule has 0 saturated carbocycles. The number of benzene rings is 1. The fraction of sp³-hybridized carbons (Fsp3) is 0.550. The summed E-state index contributed by atoms with van der Waals surface area (Å²) in [6.07, 6.45) is 3.89. The van der Waals surface area contributed by atoms with E-state index < -0.39 is 0 Å². The smallest absolute Gasteiger partial charge is 0.232 e. The Morgan fingerprint density at radius 2 is 1.96 bits per heavy atom. The first-order chi connectivity index (χ1) is 11.9. The van der Waals surface area contributed by atoms with Crippen molar-refractivity contribution in [3.05, 3.63) is 41.5 Å². The van der Waals surface area contributed by atoms with Gasteiger partial charge in [0, 0.05) is 24.1 Å². The largest absolute Gasteiger partial charge is 0.339 e. The Morgan fingerprint density at radius 3 is 2.56 bits per heavy atom. The number of amides is 1. The quantitative estimate of drug-likeness (QED) is 0.816. The van der Waals surface area contributed by atoms with Crippen LogP contribution in [-0.2, 0) is 16.6 Å². The molecular weight excluding hydrogens is 314 g/mol. The molecule has 0 aliphatic carbocycles. The van der Waals surface area contributed by atoms with Crippen LogP contribution in [-0.4, -0.2) is 22.6 Å². The number of unbranched alkanes of at least 4 members (excludes halogenated alkanes) is 1. The molecule has 1 fully saturated rings. The van der Waals surface area contributed by atoms with E-state index in [2.05, 4.69) is 29.2 Å². The van der Waals surface area contributed by atoms with E-state index >= 15 is 0 Å². The van der Waals surface area contributed by atoms with Gasteiger partial charge in [0.2, 0.25) is 11.8 Å². The summed E-state index contributed by atoms with van der Waals surface area (Å²) in [5.74, 6) is 1.34. The highest BCUT2D eigenvalue weighted by Crippen LogP contribution is 2.32. The molecule has 2 heterocycles. The molecule has 1 aliphatic rings. The van der Waals surface area contributed by atoms with E-state index in [0.29, 0.717) is 24.7 Å². The second-order valence-electron chi connectivity index (χ2n) is 7.88. The van der Waals surface area contributed by atoms with Crippen LogP contribution in [0.3, 0.4) is 0 Å². The molecule has 3 rings (SSSR count). The van der Waals surface area contributed by atoms with Gasteiger partial charge in [-0.1, -0.05) is 51.4 Å². The van der Waals surface area contributed by atoms with Gasteiger partial charge < -0.3 is 9.42 Å². The van der Waals surface area contributed by atoms with Crippen molar-refractivity contribution < 1.29 is 9.32 Å². The molecule has 1 aliphatic heterocycles. The number of hydrogen-bond acceptors (Lipinski definition) is 4. The van der Waals surface area contributed by atoms with Crippen LogP contribution < -0.4 is 4.90 Å². The van der Waals surface area contributed by atoms with Crippen molar-refractivity contribution in [2.45, 2.75) is 64.7 Å². The number of anilines is 1. The fourth-order valence-electron chi connectivity index (χ4n) is 3.05. The number of rotatable bonds is 5. The maximum Gasteiger partial charge on any atom is 0.232 e. The predicted octanol–water partition coefficient (Wildman–Crippen LogP) is 4.23. The Kier molecular flexibility index (Phi) is 4.93. The Labute approximate surface area is 149 Å². The Bertz CT molecular complexity index is 728. The lowest BCUT2D eigenvalue weighted by molar-refractivity contribution is -0.117. The second kappa shape index (κ2) is 6.98. The first-order valence-corrected chi connectivity index (χ1v) is 9.12. The lowest BCUT2D eigenvalue weighted by Gasteiger charge is -2.16. The maximum absolute atomic E-state index is 12.5. The van der Waals surface area contributed by atoms with Crippen LogP contribution in [0.2, 0.25) is 0 Å². The standard InChI is InChI=1S/C20H27N3O2/c1-5-6-7-14-8-10-16(11-9-14)23-13-15(12-17(23)24)18-21-19(22-25-18)20(2,3)4/h8-11,15H,5-7,12-13H2,1-4H3. The molecule has 0 radical (unpaired) electrons. The number of nitrogens with zero attached hydrogens (tertiary/aromatic N) is 3. The van der Waals surface area contributed by atoms with Crippen molar-refractivity contribution in [2.24, 2.45) is 0 Å². The van der Waals surface area contributed by atoms with Gasteiger partial charge in [0.25, 0.3) is 0 Å². The zero-order valence-electron chi connectivity index (χ0n) is 15.6. The summed E-state index contributed by atoms with van der Waals surface area (Å²) in [6.45, 7) is 8.94. The van der Waals surface area contributed by atoms with Gasteiger partial charge in [0.1, 0.15) is 0 Å². The Hall–Kier alpha value is -2.17. The third-order valence-electron chi connectivity index (χ3n) is 4.65. The van der Waals surface area contributed by atoms with Gasteiger partial charge in [-0.2, -0.15) is 4.98 Å². The molecule has 134 valence electrons. The van der Waals surface area contributed by atoms with Gasteiger partial charge in [-0.25, -0.2) is 0 Å². The van der Waals surface area contributed by atoms with E-state index in [1.165, 1.54) is 18.4 Å². The van der Waals surface area contributed by atoms with Crippen LogP contribution in [0.15, 0.2) is 28.8 Å². The van der Waals surface area contributed by atoms with Gasteiger partial charge in [-0.3, -0.25) is 4.79 Å². The molecule has 5 nitrogen and oxygen atoms in total. The molecule has 1 atom stereocenters. The first kappa shape index (κ1) is 17.6. The van der Waals surface area contributed by atoms with Crippen molar-refractivity contribution in [1.29, 1.82) is 0 Å². The summed E-state index contributed by atoms with van der Waals surface area (Å²) in [5, 5.41) is 4.08. The van der Waals surface area contributed by atoms with Gasteiger partial charge >= 0.3 is 0 Å². The molecule has 25 heavy (non-hydrogen) atoms. The number of carbonyl (C=O) groups is 1. The second-order valence-corrected chi connectivity index (χ2v) is 7.88. The molecule has 1 aromatic heterocycles. The molecule has 1 unspecified atom stereocenters. The van der Waals surface area contributed by atoms with Crippen molar-refractivity contribution in [2.75, 3.05) is 11.4 Å². The summed E-state index contributed by atoms with van der Waals surface area (Å²) >= 11 is 0. The van der Waals surface area contributed by atoms with Crippen LogP contribution in [0.4, 0.5) is 5.69 Å². The summed E-state index contributed by atoms with van der Waals surface area (Å²) < 4.78 is 5.43. The van der Waals surface area contributed by atoms with Crippen LogP contribution in [0.25, 0.3) is 0 Å². The molecule has 2 aromatic rings. The lowest BCUT2D eigenvalue weighted by atomic mass is 9.96.